The zero-order valence-corrected chi connectivity index (χ0v) is 19.4. The second-order valence-corrected chi connectivity index (χ2v) is 8.16. The topological polar surface area (TPSA) is 64.4 Å². The van der Waals surface area contributed by atoms with Gasteiger partial charge in [-0.15, -0.1) is 0 Å². The molecular weight excluding hydrogens is 439 g/mol. The van der Waals surface area contributed by atoms with Crippen LogP contribution in [0, 0.1) is 5.82 Å². The Morgan fingerprint density at radius 3 is 2.68 bits per heavy atom. The minimum Gasteiger partial charge on any atom is -0.493 e. The molecule has 0 saturated carbocycles. The highest BCUT2D eigenvalue weighted by atomic mass is 19.1. The lowest BCUT2D eigenvalue weighted by Gasteiger charge is -2.35. The Morgan fingerprint density at radius 2 is 1.94 bits per heavy atom. The SMILES string of the molecule is COc1ccc(CN2CCOC(CN(Cc3ccco3)C(=O)c3ccccc3F)C2)cc1OC. The van der Waals surface area contributed by atoms with Crippen molar-refractivity contribution in [2.24, 2.45) is 0 Å². The monoisotopic (exact) mass is 468 g/mol. The summed E-state index contributed by atoms with van der Waals surface area (Å²) in [6, 6.07) is 15.5. The van der Waals surface area contributed by atoms with Crippen molar-refractivity contribution >= 4 is 5.91 Å². The third-order valence-corrected chi connectivity index (χ3v) is 5.82. The van der Waals surface area contributed by atoms with E-state index in [1.54, 1.807) is 49.6 Å². The van der Waals surface area contributed by atoms with Crippen LogP contribution >= 0.6 is 0 Å². The lowest BCUT2D eigenvalue weighted by molar-refractivity contribution is -0.0443. The summed E-state index contributed by atoms with van der Waals surface area (Å²) in [5.41, 5.74) is 1.13. The van der Waals surface area contributed by atoms with Crippen molar-refractivity contribution in [3.05, 3.63) is 83.6 Å². The zero-order chi connectivity index (χ0) is 23.9. The number of methoxy groups -OCH3 is 2. The van der Waals surface area contributed by atoms with Crippen LogP contribution in [0.1, 0.15) is 21.7 Å². The van der Waals surface area contributed by atoms with E-state index in [9.17, 15) is 9.18 Å². The molecule has 1 atom stereocenters. The molecule has 1 amide bonds. The number of hydrogen-bond donors (Lipinski definition) is 0. The van der Waals surface area contributed by atoms with Gasteiger partial charge in [0, 0.05) is 26.2 Å². The number of hydrogen-bond acceptors (Lipinski definition) is 6. The first-order chi connectivity index (χ1) is 16.6. The van der Waals surface area contributed by atoms with Crippen molar-refractivity contribution in [2.45, 2.75) is 19.2 Å². The molecule has 2 aromatic carbocycles. The molecule has 1 aromatic heterocycles. The van der Waals surface area contributed by atoms with Crippen LogP contribution in [0.15, 0.2) is 65.3 Å². The number of benzene rings is 2. The molecule has 7 nitrogen and oxygen atoms in total. The Kier molecular flexibility index (Phi) is 7.82. The summed E-state index contributed by atoms with van der Waals surface area (Å²) in [5.74, 6) is 1.06. The second-order valence-electron chi connectivity index (χ2n) is 8.16. The first kappa shape index (κ1) is 23.8. The van der Waals surface area contributed by atoms with Gasteiger partial charge in [-0.1, -0.05) is 18.2 Å². The molecule has 0 N–H and O–H groups in total. The lowest BCUT2D eigenvalue weighted by atomic mass is 10.1. The van der Waals surface area contributed by atoms with E-state index in [1.807, 2.05) is 18.2 Å². The van der Waals surface area contributed by atoms with Gasteiger partial charge in [-0.25, -0.2) is 4.39 Å². The minimum absolute atomic E-state index is 0.0343. The van der Waals surface area contributed by atoms with E-state index >= 15 is 0 Å². The van der Waals surface area contributed by atoms with Crippen molar-refractivity contribution in [3.8, 4) is 11.5 Å². The van der Waals surface area contributed by atoms with Crippen molar-refractivity contribution in [2.75, 3.05) is 40.5 Å². The molecule has 1 aliphatic heterocycles. The maximum atomic E-state index is 14.3. The molecule has 180 valence electrons. The maximum Gasteiger partial charge on any atom is 0.257 e. The van der Waals surface area contributed by atoms with Crippen molar-refractivity contribution in [1.82, 2.24) is 9.80 Å². The molecule has 3 aromatic rings. The van der Waals surface area contributed by atoms with Crippen LogP contribution in [0.3, 0.4) is 0 Å². The minimum atomic E-state index is -0.545. The number of furan rings is 1. The van der Waals surface area contributed by atoms with Gasteiger partial charge in [0.1, 0.15) is 11.6 Å². The van der Waals surface area contributed by atoms with Gasteiger partial charge in [0.2, 0.25) is 0 Å². The average molecular weight is 469 g/mol. The van der Waals surface area contributed by atoms with E-state index in [4.69, 9.17) is 18.6 Å². The van der Waals surface area contributed by atoms with E-state index in [0.29, 0.717) is 43.5 Å². The normalized spacial score (nSPS) is 16.3. The summed E-state index contributed by atoms with van der Waals surface area (Å²) in [4.78, 5) is 17.1. The molecule has 0 bridgehead atoms. The predicted octanol–water partition coefficient (Wildman–Crippen LogP) is 3.98. The summed E-state index contributed by atoms with van der Waals surface area (Å²) in [6.07, 6.45) is 1.34. The molecule has 1 saturated heterocycles. The molecule has 1 fully saturated rings. The maximum absolute atomic E-state index is 14.3. The van der Waals surface area contributed by atoms with Crippen LogP contribution in [0.4, 0.5) is 4.39 Å². The molecular formula is C26H29FN2O5. The van der Waals surface area contributed by atoms with Gasteiger partial charge in [-0.05, 0) is 42.0 Å². The van der Waals surface area contributed by atoms with E-state index < -0.39 is 11.7 Å². The standard InChI is InChI=1S/C26H29FN2O5/c1-31-24-10-9-19(14-25(24)32-2)15-28-11-13-34-21(16-28)18-29(17-20-6-5-12-33-20)26(30)22-7-3-4-8-23(22)27/h3-10,12,14,21H,11,13,15-18H2,1-2H3. The van der Waals surface area contributed by atoms with Crippen LogP contribution in [0.2, 0.25) is 0 Å². The molecule has 34 heavy (non-hydrogen) atoms. The molecule has 0 radical (unpaired) electrons. The van der Waals surface area contributed by atoms with Gasteiger partial charge in [0.15, 0.2) is 11.5 Å². The van der Waals surface area contributed by atoms with Gasteiger partial charge in [-0.3, -0.25) is 9.69 Å². The zero-order valence-electron chi connectivity index (χ0n) is 19.4. The highest BCUT2D eigenvalue weighted by Crippen LogP contribution is 2.28. The van der Waals surface area contributed by atoms with Gasteiger partial charge in [-0.2, -0.15) is 0 Å². The largest absolute Gasteiger partial charge is 0.493 e. The van der Waals surface area contributed by atoms with E-state index in [0.717, 1.165) is 12.1 Å². The number of halogens is 1. The number of carbonyl (C=O) groups is 1. The van der Waals surface area contributed by atoms with E-state index in [1.165, 1.54) is 12.1 Å². The Labute approximate surface area is 198 Å². The van der Waals surface area contributed by atoms with Crippen molar-refractivity contribution in [1.29, 1.82) is 0 Å². The number of amides is 1. The highest BCUT2D eigenvalue weighted by Gasteiger charge is 2.27. The summed E-state index contributed by atoms with van der Waals surface area (Å²) in [7, 11) is 3.23. The molecule has 8 heteroatoms. The quantitative estimate of drug-likeness (QED) is 0.473. The molecule has 1 unspecified atom stereocenters. The fourth-order valence-electron chi connectivity index (χ4n) is 4.13. The van der Waals surface area contributed by atoms with Crippen molar-refractivity contribution < 1.29 is 27.8 Å². The summed E-state index contributed by atoms with van der Waals surface area (Å²) < 4.78 is 36.5. The third-order valence-electron chi connectivity index (χ3n) is 5.82. The molecule has 2 heterocycles. The first-order valence-corrected chi connectivity index (χ1v) is 11.2. The van der Waals surface area contributed by atoms with Gasteiger partial charge >= 0.3 is 0 Å². The Bertz CT molecular complexity index is 1090. The number of rotatable bonds is 9. The molecule has 4 rings (SSSR count). The molecule has 0 aliphatic carbocycles. The van der Waals surface area contributed by atoms with Crippen LogP contribution in [-0.4, -0.2) is 62.3 Å². The number of morpholine rings is 1. The summed E-state index contributed by atoms with van der Waals surface area (Å²) in [6.45, 7) is 3.20. The smallest absolute Gasteiger partial charge is 0.257 e. The molecule has 0 spiro atoms. The molecule has 1 aliphatic rings. The Morgan fingerprint density at radius 1 is 1.12 bits per heavy atom. The van der Waals surface area contributed by atoms with Gasteiger partial charge < -0.3 is 23.5 Å². The first-order valence-electron chi connectivity index (χ1n) is 11.2. The number of carbonyl (C=O) groups excluding carboxylic acids is 1. The van der Waals surface area contributed by atoms with Crippen LogP contribution < -0.4 is 9.47 Å². The highest BCUT2D eigenvalue weighted by molar-refractivity contribution is 5.94. The van der Waals surface area contributed by atoms with Gasteiger partial charge in [0.05, 0.1) is 45.3 Å². The van der Waals surface area contributed by atoms with Crippen molar-refractivity contribution in [3.63, 3.8) is 0 Å². The van der Waals surface area contributed by atoms with E-state index in [2.05, 4.69) is 4.90 Å². The fourth-order valence-corrected chi connectivity index (χ4v) is 4.13. The summed E-state index contributed by atoms with van der Waals surface area (Å²) in [5, 5.41) is 0. The Balaban J connectivity index is 1.46. The van der Waals surface area contributed by atoms with E-state index in [-0.39, 0.29) is 18.2 Å². The predicted molar refractivity (Wildman–Crippen MR) is 124 cm³/mol. The fraction of sp³-hybridized carbons (Fsp3) is 0.346. The van der Waals surface area contributed by atoms with Crippen LogP contribution in [-0.2, 0) is 17.8 Å². The number of ether oxygens (including phenoxy) is 3. The summed E-state index contributed by atoms with van der Waals surface area (Å²) >= 11 is 0. The van der Waals surface area contributed by atoms with Crippen LogP contribution in [0.25, 0.3) is 0 Å². The van der Waals surface area contributed by atoms with Gasteiger partial charge in [0.25, 0.3) is 5.91 Å². The third kappa shape index (κ3) is 5.76. The van der Waals surface area contributed by atoms with Crippen LogP contribution in [0.5, 0.6) is 11.5 Å². The number of nitrogens with zero attached hydrogens (tertiary/aromatic N) is 2. The lowest BCUT2D eigenvalue weighted by Crippen LogP contribution is -2.48. The Hall–Kier alpha value is -3.36. The second kappa shape index (κ2) is 11.2. The average Bonchev–Trinajstić information content (AvgIpc) is 3.37.